The van der Waals surface area contributed by atoms with E-state index in [2.05, 4.69) is 158 Å². The molecule has 0 saturated carbocycles. The Morgan fingerprint density at radius 2 is 0.818 bits per heavy atom. The fourth-order valence-corrected chi connectivity index (χ4v) is 7.99. The Kier molecular flexibility index (Phi) is 7.14. The first-order valence-corrected chi connectivity index (χ1v) is 18.5. The molecule has 0 radical (unpaired) electrons. The van der Waals surface area contributed by atoms with E-state index in [1.807, 2.05) is 30.3 Å². The summed E-state index contributed by atoms with van der Waals surface area (Å²) in [6, 6.07) is 65.8. The van der Waals surface area contributed by atoms with Gasteiger partial charge in [0.2, 0.25) is 0 Å². The van der Waals surface area contributed by atoms with Gasteiger partial charge in [-0.1, -0.05) is 164 Å². The minimum absolute atomic E-state index is 0.589. The number of fused-ring (bicyclic) bond motifs is 8. The SMILES string of the molecule is c1ccc(-c2ccc(-c3nc(-c4ccc5c(ccc6c7ccccc7ccc56)c4)nc(-c4cc(-c5ccccc5)cc5oc6ccccc6c45)n3)cc2)cc1. The molecule has 9 aromatic carbocycles. The third kappa shape index (κ3) is 5.34. The van der Waals surface area contributed by atoms with Crippen LogP contribution in [0.2, 0.25) is 0 Å². The molecule has 0 bridgehead atoms. The average molecular weight is 702 g/mol. The lowest BCUT2D eigenvalue weighted by atomic mass is 9.96. The van der Waals surface area contributed by atoms with Gasteiger partial charge < -0.3 is 4.42 Å². The van der Waals surface area contributed by atoms with Gasteiger partial charge >= 0.3 is 0 Å². The summed E-state index contributed by atoms with van der Waals surface area (Å²) in [4.78, 5) is 15.7. The van der Waals surface area contributed by atoms with Gasteiger partial charge in [-0.15, -0.1) is 0 Å². The van der Waals surface area contributed by atoms with E-state index in [4.69, 9.17) is 19.4 Å². The molecule has 4 heteroatoms. The first-order chi connectivity index (χ1) is 27.2. The van der Waals surface area contributed by atoms with E-state index in [0.717, 1.165) is 66.3 Å². The summed E-state index contributed by atoms with van der Waals surface area (Å²) in [5.41, 5.74) is 8.76. The topological polar surface area (TPSA) is 51.8 Å². The Hall–Kier alpha value is -7.43. The number of hydrogen-bond donors (Lipinski definition) is 0. The second-order valence-corrected chi connectivity index (χ2v) is 14.0. The van der Waals surface area contributed by atoms with Crippen LogP contribution in [0.5, 0.6) is 0 Å². The predicted octanol–water partition coefficient (Wildman–Crippen LogP) is 13.6. The first kappa shape index (κ1) is 31.1. The molecule has 0 aliphatic carbocycles. The van der Waals surface area contributed by atoms with Crippen LogP contribution in [-0.4, -0.2) is 15.0 Å². The van der Waals surface area contributed by atoms with Gasteiger partial charge in [0, 0.05) is 27.5 Å². The number of rotatable bonds is 5. The molecule has 55 heavy (non-hydrogen) atoms. The standard InChI is InChI=1S/C51H31N3O/c1-3-11-32(12-4-1)34-19-21-36(22-20-34)49-52-50(38-25-26-41-37(29-38)24-28-42-40-16-8-7-15-35(40)23-27-43(41)42)54-51(53-49)45-30-39(33-13-5-2-6-14-33)31-47-48(45)44-17-9-10-18-46(44)55-47/h1-31H. The van der Waals surface area contributed by atoms with Gasteiger partial charge in [-0.2, -0.15) is 0 Å². The summed E-state index contributed by atoms with van der Waals surface area (Å²) < 4.78 is 6.50. The fraction of sp³-hybridized carbons (Fsp3) is 0. The number of nitrogens with zero attached hydrogens (tertiary/aromatic N) is 3. The maximum absolute atomic E-state index is 6.50. The molecule has 0 amide bonds. The fourth-order valence-electron chi connectivity index (χ4n) is 7.99. The molecule has 0 fully saturated rings. The molecule has 2 heterocycles. The van der Waals surface area contributed by atoms with Crippen LogP contribution in [-0.2, 0) is 0 Å². The lowest BCUT2D eigenvalue weighted by molar-refractivity contribution is 0.669. The van der Waals surface area contributed by atoms with E-state index in [-0.39, 0.29) is 0 Å². The molecule has 11 rings (SSSR count). The Labute approximate surface area is 317 Å². The van der Waals surface area contributed by atoms with Crippen molar-refractivity contribution in [3.05, 3.63) is 188 Å². The second-order valence-electron chi connectivity index (χ2n) is 14.0. The van der Waals surface area contributed by atoms with Gasteiger partial charge in [-0.25, -0.2) is 15.0 Å². The Morgan fingerprint density at radius 1 is 0.291 bits per heavy atom. The molecule has 0 aliphatic heterocycles. The van der Waals surface area contributed by atoms with Crippen molar-refractivity contribution >= 4 is 54.3 Å². The molecule has 4 nitrogen and oxygen atoms in total. The summed E-state index contributed by atoms with van der Waals surface area (Å²) >= 11 is 0. The molecular formula is C51H31N3O. The van der Waals surface area contributed by atoms with Crippen LogP contribution in [0.4, 0.5) is 0 Å². The molecule has 0 spiro atoms. The number of furan rings is 1. The van der Waals surface area contributed by atoms with Gasteiger partial charge in [0.05, 0.1) is 0 Å². The maximum atomic E-state index is 6.50. The van der Waals surface area contributed by atoms with E-state index in [9.17, 15) is 0 Å². The second kappa shape index (κ2) is 12.6. The summed E-state index contributed by atoms with van der Waals surface area (Å²) in [6.45, 7) is 0. The van der Waals surface area contributed by atoms with Crippen LogP contribution in [0.3, 0.4) is 0 Å². The molecule has 256 valence electrons. The normalized spacial score (nSPS) is 11.6. The van der Waals surface area contributed by atoms with Gasteiger partial charge in [-0.3, -0.25) is 0 Å². The van der Waals surface area contributed by atoms with Gasteiger partial charge in [0.25, 0.3) is 0 Å². The van der Waals surface area contributed by atoms with E-state index in [1.165, 1.54) is 26.9 Å². The van der Waals surface area contributed by atoms with Gasteiger partial charge in [0.1, 0.15) is 11.2 Å². The van der Waals surface area contributed by atoms with Crippen LogP contribution in [0.25, 0.3) is 111 Å². The minimum atomic E-state index is 0.589. The molecule has 2 aromatic heterocycles. The summed E-state index contributed by atoms with van der Waals surface area (Å²) in [7, 11) is 0. The van der Waals surface area contributed by atoms with Crippen LogP contribution >= 0.6 is 0 Å². The van der Waals surface area contributed by atoms with Crippen molar-refractivity contribution in [3.8, 4) is 56.4 Å². The van der Waals surface area contributed by atoms with Crippen molar-refractivity contribution < 1.29 is 4.42 Å². The zero-order valence-electron chi connectivity index (χ0n) is 29.6. The number of hydrogen-bond acceptors (Lipinski definition) is 4. The van der Waals surface area contributed by atoms with E-state index >= 15 is 0 Å². The largest absolute Gasteiger partial charge is 0.456 e. The van der Waals surface area contributed by atoms with Crippen molar-refractivity contribution in [2.24, 2.45) is 0 Å². The Morgan fingerprint density at radius 3 is 1.58 bits per heavy atom. The molecular weight excluding hydrogens is 671 g/mol. The van der Waals surface area contributed by atoms with Gasteiger partial charge in [-0.05, 0) is 78.8 Å². The average Bonchev–Trinajstić information content (AvgIpc) is 3.65. The monoisotopic (exact) mass is 701 g/mol. The van der Waals surface area contributed by atoms with Crippen molar-refractivity contribution in [1.82, 2.24) is 15.0 Å². The van der Waals surface area contributed by atoms with E-state index < -0.39 is 0 Å². The Balaban J connectivity index is 1.14. The van der Waals surface area contributed by atoms with Crippen molar-refractivity contribution in [3.63, 3.8) is 0 Å². The zero-order valence-corrected chi connectivity index (χ0v) is 29.6. The highest BCUT2D eigenvalue weighted by Crippen LogP contribution is 2.40. The minimum Gasteiger partial charge on any atom is -0.456 e. The summed E-state index contributed by atoms with van der Waals surface area (Å²) in [6.07, 6.45) is 0. The van der Waals surface area contributed by atoms with E-state index in [0.29, 0.717) is 17.5 Å². The lowest BCUT2D eigenvalue weighted by Gasteiger charge is -2.12. The number of aromatic nitrogens is 3. The van der Waals surface area contributed by atoms with E-state index in [1.54, 1.807) is 0 Å². The van der Waals surface area contributed by atoms with Crippen molar-refractivity contribution in [2.45, 2.75) is 0 Å². The molecule has 0 aliphatic rings. The first-order valence-electron chi connectivity index (χ1n) is 18.5. The van der Waals surface area contributed by atoms with Crippen LogP contribution in [0, 0.1) is 0 Å². The highest BCUT2D eigenvalue weighted by atomic mass is 16.3. The summed E-state index contributed by atoms with van der Waals surface area (Å²) in [5.74, 6) is 1.81. The summed E-state index contributed by atoms with van der Waals surface area (Å²) in [5, 5.41) is 9.30. The molecule has 0 N–H and O–H groups in total. The molecule has 11 aromatic rings. The van der Waals surface area contributed by atoms with Crippen molar-refractivity contribution in [2.75, 3.05) is 0 Å². The quantitative estimate of drug-likeness (QED) is 0.168. The van der Waals surface area contributed by atoms with Gasteiger partial charge in [0.15, 0.2) is 17.5 Å². The Bertz CT molecular complexity index is 3240. The third-order valence-corrected chi connectivity index (χ3v) is 10.7. The maximum Gasteiger partial charge on any atom is 0.164 e. The number of benzene rings is 9. The molecule has 0 unspecified atom stereocenters. The number of para-hydroxylation sites is 1. The predicted molar refractivity (Wildman–Crippen MR) is 227 cm³/mol. The zero-order chi connectivity index (χ0) is 36.3. The molecule has 0 atom stereocenters. The highest BCUT2D eigenvalue weighted by molar-refractivity contribution is 6.17. The third-order valence-electron chi connectivity index (χ3n) is 10.7. The van der Waals surface area contributed by atoms with Crippen molar-refractivity contribution in [1.29, 1.82) is 0 Å². The van der Waals surface area contributed by atoms with Crippen LogP contribution < -0.4 is 0 Å². The molecule has 0 saturated heterocycles. The van der Waals surface area contributed by atoms with Crippen LogP contribution in [0.15, 0.2) is 192 Å². The smallest absolute Gasteiger partial charge is 0.164 e. The highest BCUT2D eigenvalue weighted by Gasteiger charge is 2.20. The van der Waals surface area contributed by atoms with Crippen LogP contribution in [0.1, 0.15) is 0 Å². The lowest BCUT2D eigenvalue weighted by Crippen LogP contribution is -2.01.